The minimum Gasteiger partial charge on any atom is -0.355 e. The van der Waals surface area contributed by atoms with Gasteiger partial charge in [-0.25, -0.2) is 0 Å². The SMILES string of the molecule is CC(=O)NCCNC(=O)CN(C)Cc1ccccc1C(F)(F)F. The van der Waals surface area contributed by atoms with Crippen molar-refractivity contribution < 1.29 is 22.8 Å². The van der Waals surface area contributed by atoms with Gasteiger partial charge in [-0.15, -0.1) is 0 Å². The summed E-state index contributed by atoms with van der Waals surface area (Å²) < 4.78 is 38.7. The third kappa shape index (κ3) is 7.14. The van der Waals surface area contributed by atoms with E-state index in [2.05, 4.69) is 10.6 Å². The lowest BCUT2D eigenvalue weighted by molar-refractivity contribution is -0.138. The van der Waals surface area contributed by atoms with Crippen molar-refractivity contribution in [2.45, 2.75) is 19.6 Å². The first kappa shape index (κ1) is 19.0. The van der Waals surface area contributed by atoms with E-state index in [0.29, 0.717) is 6.54 Å². The van der Waals surface area contributed by atoms with Crippen LogP contribution in [-0.4, -0.2) is 43.4 Å². The van der Waals surface area contributed by atoms with Gasteiger partial charge in [0.05, 0.1) is 12.1 Å². The minimum absolute atomic E-state index is 0.00873. The van der Waals surface area contributed by atoms with Crippen LogP contribution >= 0.6 is 0 Å². The Morgan fingerprint density at radius 3 is 2.35 bits per heavy atom. The molecule has 0 bridgehead atoms. The summed E-state index contributed by atoms with van der Waals surface area (Å²) in [5.74, 6) is -0.512. The first-order chi connectivity index (χ1) is 10.7. The van der Waals surface area contributed by atoms with Crippen molar-refractivity contribution >= 4 is 11.8 Å². The zero-order valence-corrected chi connectivity index (χ0v) is 13.0. The maximum Gasteiger partial charge on any atom is 0.416 e. The maximum atomic E-state index is 12.9. The van der Waals surface area contributed by atoms with Crippen molar-refractivity contribution in [2.75, 3.05) is 26.7 Å². The Hall–Kier alpha value is -2.09. The highest BCUT2D eigenvalue weighted by molar-refractivity contribution is 5.78. The highest BCUT2D eigenvalue weighted by Gasteiger charge is 2.33. The van der Waals surface area contributed by atoms with Crippen molar-refractivity contribution in [3.8, 4) is 0 Å². The van der Waals surface area contributed by atoms with E-state index in [1.165, 1.54) is 30.0 Å². The third-order valence-corrected chi connectivity index (χ3v) is 3.00. The number of hydrogen-bond donors (Lipinski definition) is 2. The Morgan fingerprint density at radius 1 is 1.13 bits per heavy atom. The number of alkyl halides is 3. The second-order valence-corrected chi connectivity index (χ2v) is 5.16. The number of rotatable bonds is 7. The summed E-state index contributed by atoms with van der Waals surface area (Å²) in [4.78, 5) is 23.8. The van der Waals surface area contributed by atoms with E-state index in [-0.39, 0.29) is 37.0 Å². The summed E-state index contributed by atoms with van der Waals surface area (Å²) in [6, 6.07) is 5.29. The first-order valence-corrected chi connectivity index (χ1v) is 7.05. The van der Waals surface area contributed by atoms with E-state index >= 15 is 0 Å². The molecule has 0 spiro atoms. The summed E-state index contributed by atoms with van der Waals surface area (Å²) in [7, 11) is 1.57. The number of hydrogen-bond acceptors (Lipinski definition) is 3. The fourth-order valence-electron chi connectivity index (χ4n) is 2.02. The number of nitrogens with zero attached hydrogens (tertiary/aromatic N) is 1. The fourth-order valence-corrected chi connectivity index (χ4v) is 2.02. The van der Waals surface area contributed by atoms with Crippen LogP contribution in [0.25, 0.3) is 0 Å². The number of benzene rings is 1. The molecule has 1 aromatic rings. The van der Waals surface area contributed by atoms with Crippen molar-refractivity contribution in [1.82, 2.24) is 15.5 Å². The summed E-state index contributed by atoms with van der Waals surface area (Å²) in [5, 5.41) is 5.11. The summed E-state index contributed by atoms with van der Waals surface area (Å²) >= 11 is 0. The molecule has 0 radical (unpaired) electrons. The average molecular weight is 331 g/mol. The molecule has 0 aliphatic heterocycles. The van der Waals surface area contributed by atoms with Crippen LogP contribution in [-0.2, 0) is 22.3 Å². The molecule has 5 nitrogen and oxygen atoms in total. The quantitative estimate of drug-likeness (QED) is 0.742. The third-order valence-electron chi connectivity index (χ3n) is 3.00. The van der Waals surface area contributed by atoms with Crippen LogP contribution in [0.3, 0.4) is 0 Å². The van der Waals surface area contributed by atoms with E-state index < -0.39 is 11.7 Å². The molecule has 0 heterocycles. The molecule has 8 heteroatoms. The molecule has 0 aromatic heterocycles. The van der Waals surface area contributed by atoms with E-state index in [1.807, 2.05) is 0 Å². The van der Waals surface area contributed by atoms with Gasteiger partial charge >= 0.3 is 6.18 Å². The predicted octanol–water partition coefficient (Wildman–Crippen LogP) is 1.39. The largest absolute Gasteiger partial charge is 0.416 e. The lowest BCUT2D eigenvalue weighted by Crippen LogP contribution is -2.39. The zero-order valence-electron chi connectivity index (χ0n) is 13.0. The molecule has 2 amide bonds. The molecular weight excluding hydrogens is 311 g/mol. The molecule has 0 fully saturated rings. The molecule has 1 rings (SSSR count). The topological polar surface area (TPSA) is 61.4 Å². The Balaban J connectivity index is 2.49. The molecule has 0 saturated carbocycles. The van der Waals surface area contributed by atoms with Crippen LogP contribution in [0.4, 0.5) is 13.2 Å². The van der Waals surface area contributed by atoms with Gasteiger partial charge in [-0.1, -0.05) is 18.2 Å². The number of likely N-dealkylation sites (N-methyl/N-ethyl adjacent to an activating group) is 1. The molecule has 0 atom stereocenters. The molecule has 2 N–H and O–H groups in total. The van der Waals surface area contributed by atoms with Gasteiger partial charge in [-0.05, 0) is 18.7 Å². The fraction of sp³-hybridized carbons (Fsp3) is 0.467. The van der Waals surface area contributed by atoms with Gasteiger partial charge in [0, 0.05) is 26.6 Å². The first-order valence-electron chi connectivity index (χ1n) is 7.05. The number of carbonyl (C=O) groups excluding carboxylic acids is 2. The van der Waals surface area contributed by atoms with Crippen LogP contribution in [0, 0.1) is 0 Å². The van der Waals surface area contributed by atoms with Crippen molar-refractivity contribution in [3.05, 3.63) is 35.4 Å². The van der Waals surface area contributed by atoms with E-state index in [0.717, 1.165) is 6.07 Å². The highest BCUT2D eigenvalue weighted by Crippen LogP contribution is 2.32. The molecule has 0 saturated heterocycles. The normalized spacial score (nSPS) is 11.4. The number of nitrogens with one attached hydrogen (secondary N) is 2. The van der Waals surface area contributed by atoms with E-state index in [9.17, 15) is 22.8 Å². The zero-order chi connectivity index (χ0) is 17.5. The molecule has 0 aliphatic carbocycles. The highest BCUT2D eigenvalue weighted by atomic mass is 19.4. The Morgan fingerprint density at radius 2 is 1.74 bits per heavy atom. The number of halogens is 3. The van der Waals surface area contributed by atoms with Crippen molar-refractivity contribution in [1.29, 1.82) is 0 Å². The Kier molecular flexibility index (Phi) is 7.02. The van der Waals surface area contributed by atoms with Gasteiger partial charge in [0.15, 0.2) is 0 Å². The monoisotopic (exact) mass is 331 g/mol. The van der Waals surface area contributed by atoms with Crippen LogP contribution in [0.1, 0.15) is 18.1 Å². The Bertz CT molecular complexity index is 547. The van der Waals surface area contributed by atoms with Crippen LogP contribution in [0.15, 0.2) is 24.3 Å². The maximum absolute atomic E-state index is 12.9. The lowest BCUT2D eigenvalue weighted by Gasteiger charge is -2.19. The van der Waals surface area contributed by atoms with Gasteiger partial charge in [-0.3, -0.25) is 14.5 Å². The van der Waals surface area contributed by atoms with E-state index in [1.54, 1.807) is 7.05 Å². The van der Waals surface area contributed by atoms with Crippen LogP contribution < -0.4 is 10.6 Å². The molecule has 23 heavy (non-hydrogen) atoms. The summed E-state index contributed by atoms with van der Waals surface area (Å²) in [5.41, 5.74) is -0.577. The smallest absolute Gasteiger partial charge is 0.355 e. The summed E-state index contributed by atoms with van der Waals surface area (Å²) in [6.45, 7) is 1.92. The van der Waals surface area contributed by atoms with Gasteiger partial charge in [0.2, 0.25) is 11.8 Å². The van der Waals surface area contributed by atoms with Gasteiger partial charge in [0.1, 0.15) is 0 Å². The molecule has 0 unspecified atom stereocenters. The van der Waals surface area contributed by atoms with Crippen molar-refractivity contribution in [3.63, 3.8) is 0 Å². The second-order valence-electron chi connectivity index (χ2n) is 5.16. The van der Waals surface area contributed by atoms with Crippen LogP contribution in [0.2, 0.25) is 0 Å². The van der Waals surface area contributed by atoms with Gasteiger partial charge < -0.3 is 10.6 Å². The number of carbonyl (C=O) groups is 2. The standard InChI is InChI=1S/C15H20F3N3O2/c1-11(22)19-7-8-20-14(23)10-21(2)9-12-5-3-4-6-13(12)15(16,17)18/h3-6H,7-10H2,1-2H3,(H,19,22)(H,20,23). The average Bonchev–Trinajstić information content (AvgIpc) is 2.42. The minimum atomic E-state index is -4.42. The Labute approximate surface area is 132 Å². The molecule has 1 aromatic carbocycles. The summed E-state index contributed by atoms with van der Waals surface area (Å²) in [6.07, 6.45) is -4.42. The second kappa shape index (κ2) is 8.52. The van der Waals surface area contributed by atoms with Gasteiger partial charge in [0.25, 0.3) is 0 Å². The molecular formula is C15H20F3N3O2. The predicted molar refractivity (Wildman–Crippen MR) is 79.5 cm³/mol. The lowest BCUT2D eigenvalue weighted by atomic mass is 10.1. The van der Waals surface area contributed by atoms with Gasteiger partial charge in [-0.2, -0.15) is 13.2 Å². The number of amides is 2. The molecule has 128 valence electrons. The molecule has 0 aliphatic rings. The van der Waals surface area contributed by atoms with Crippen molar-refractivity contribution in [2.24, 2.45) is 0 Å². The van der Waals surface area contributed by atoms with Crippen LogP contribution in [0.5, 0.6) is 0 Å². The van der Waals surface area contributed by atoms with E-state index in [4.69, 9.17) is 0 Å².